The Balaban J connectivity index is 1.88. The molecule has 4 aromatic rings. The first-order valence-electron chi connectivity index (χ1n) is 10.4. The van der Waals surface area contributed by atoms with Crippen LogP contribution in [0.1, 0.15) is 22.3 Å². The second-order valence-corrected chi connectivity index (χ2v) is 7.51. The highest BCUT2D eigenvalue weighted by molar-refractivity contribution is 6.46. The highest BCUT2D eigenvalue weighted by atomic mass is 16.1. The van der Waals surface area contributed by atoms with Gasteiger partial charge in [-0.15, -0.1) is 0 Å². The highest BCUT2D eigenvalue weighted by Gasteiger charge is 2.19. The fourth-order valence-corrected chi connectivity index (χ4v) is 3.46. The Labute approximate surface area is 188 Å². The molecule has 4 rings (SSSR count). The third-order valence-corrected chi connectivity index (χ3v) is 5.15. The number of carbonyl (C=O) groups is 1. The molecule has 0 spiro atoms. The molecule has 32 heavy (non-hydrogen) atoms. The fraction of sp³-hybridized carbons (Fsp3) is 0. The summed E-state index contributed by atoms with van der Waals surface area (Å²) >= 11 is 0. The van der Waals surface area contributed by atoms with Crippen molar-refractivity contribution in [3.63, 3.8) is 0 Å². The van der Waals surface area contributed by atoms with Crippen LogP contribution in [-0.4, -0.2) is 5.78 Å². The van der Waals surface area contributed by atoms with Gasteiger partial charge in [-0.1, -0.05) is 84.9 Å². The minimum Gasteiger partial charge on any atom is -0.399 e. The standard InChI is InChI=1S/C29H24N2O/c30-25-15-11-23(12-16-25)27(19-21-7-3-1-4-8-21)29(32)28(20-22-9-5-2-6-10-22)24-13-17-26(31)18-14-24/h1-20H,30-31H2. The largest absolute Gasteiger partial charge is 0.399 e. The normalized spacial score (nSPS) is 11.9. The Morgan fingerprint density at radius 3 is 1.19 bits per heavy atom. The summed E-state index contributed by atoms with van der Waals surface area (Å²) in [6.07, 6.45) is 3.84. The Kier molecular flexibility index (Phi) is 6.28. The van der Waals surface area contributed by atoms with E-state index in [1.165, 1.54) is 0 Å². The van der Waals surface area contributed by atoms with Crippen LogP contribution in [0.15, 0.2) is 109 Å². The van der Waals surface area contributed by atoms with E-state index in [9.17, 15) is 4.79 Å². The zero-order valence-corrected chi connectivity index (χ0v) is 17.6. The van der Waals surface area contributed by atoms with E-state index in [0.29, 0.717) is 22.5 Å². The van der Waals surface area contributed by atoms with Crippen molar-refractivity contribution in [3.8, 4) is 0 Å². The summed E-state index contributed by atoms with van der Waals surface area (Å²) in [5, 5.41) is 0. The van der Waals surface area contributed by atoms with E-state index in [2.05, 4.69) is 0 Å². The van der Waals surface area contributed by atoms with E-state index in [1.807, 2.05) is 121 Å². The first-order valence-corrected chi connectivity index (χ1v) is 10.4. The van der Waals surface area contributed by atoms with Crippen LogP contribution in [0.4, 0.5) is 11.4 Å². The molecule has 0 saturated carbocycles. The van der Waals surface area contributed by atoms with Gasteiger partial charge in [0, 0.05) is 22.5 Å². The molecule has 0 fully saturated rings. The molecule has 0 atom stereocenters. The number of carbonyl (C=O) groups excluding carboxylic acids is 1. The maximum Gasteiger partial charge on any atom is 0.194 e. The van der Waals surface area contributed by atoms with Gasteiger partial charge in [0.1, 0.15) is 0 Å². The highest BCUT2D eigenvalue weighted by Crippen LogP contribution is 2.30. The fourth-order valence-electron chi connectivity index (χ4n) is 3.46. The second-order valence-electron chi connectivity index (χ2n) is 7.51. The average Bonchev–Trinajstić information content (AvgIpc) is 2.83. The van der Waals surface area contributed by atoms with Gasteiger partial charge in [0.05, 0.1) is 0 Å². The van der Waals surface area contributed by atoms with Gasteiger partial charge in [0.2, 0.25) is 0 Å². The molecular weight excluding hydrogens is 392 g/mol. The van der Waals surface area contributed by atoms with Crippen molar-refractivity contribution in [3.05, 3.63) is 131 Å². The van der Waals surface area contributed by atoms with Crippen LogP contribution in [0, 0.1) is 0 Å². The number of benzene rings is 4. The van der Waals surface area contributed by atoms with Crippen LogP contribution in [0.3, 0.4) is 0 Å². The smallest absolute Gasteiger partial charge is 0.194 e. The maximum absolute atomic E-state index is 14.0. The van der Waals surface area contributed by atoms with Gasteiger partial charge in [-0.05, 0) is 58.7 Å². The van der Waals surface area contributed by atoms with E-state index < -0.39 is 0 Å². The second kappa shape index (κ2) is 9.63. The molecule has 0 saturated heterocycles. The van der Waals surface area contributed by atoms with E-state index in [4.69, 9.17) is 11.5 Å². The molecule has 156 valence electrons. The molecular formula is C29H24N2O. The minimum atomic E-state index is -0.0766. The van der Waals surface area contributed by atoms with E-state index in [1.54, 1.807) is 0 Å². The van der Waals surface area contributed by atoms with Crippen molar-refractivity contribution < 1.29 is 4.79 Å². The summed E-state index contributed by atoms with van der Waals surface area (Å²) in [4.78, 5) is 14.0. The number of hydrogen-bond acceptors (Lipinski definition) is 3. The van der Waals surface area contributed by atoms with Crippen molar-refractivity contribution in [1.29, 1.82) is 0 Å². The number of nitrogens with two attached hydrogens (primary N) is 2. The van der Waals surface area contributed by atoms with Gasteiger partial charge in [0.15, 0.2) is 5.78 Å². The minimum absolute atomic E-state index is 0.0766. The van der Waals surface area contributed by atoms with Crippen LogP contribution in [0.5, 0.6) is 0 Å². The number of ketones is 1. The molecule has 3 nitrogen and oxygen atoms in total. The first-order chi connectivity index (χ1) is 15.6. The van der Waals surface area contributed by atoms with Gasteiger partial charge >= 0.3 is 0 Å². The van der Waals surface area contributed by atoms with Gasteiger partial charge in [-0.2, -0.15) is 0 Å². The Morgan fingerprint density at radius 2 is 0.844 bits per heavy atom. The summed E-state index contributed by atoms with van der Waals surface area (Å²) in [6.45, 7) is 0. The SMILES string of the molecule is Nc1ccc(C(=Cc2ccccc2)C(=O)C(=Cc2ccccc2)c2ccc(N)cc2)cc1. The van der Waals surface area contributed by atoms with Crippen LogP contribution < -0.4 is 11.5 Å². The predicted octanol–water partition coefficient (Wildman–Crippen LogP) is 6.20. The van der Waals surface area contributed by atoms with Crippen molar-refractivity contribution in [2.75, 3.05) is 11.5 Å². The molecule has 3 heteroatoms. The Bertz CT molecular complexity index is 1150. The van der Waals surface area contributed by atoms with Gasteiger partial charge in [0.25, 0.3) is 0 Å². The van der Waals surface area contributed by atoms with Gasteiger partial charge in [-0.25, -0.2) is 0 Å². The zero-order valence-electron chi connectivity index (χ0n) is 17.6. The number of hydrogen-bond donors (Lipinski definition) is 2. The topological polar surface area (TPSA) is 69.1 Å². The van der Waals surface area contributed by atoms with Crippen LogP contribution in [0.2, 0.25) is 0 Å². The third kappa shape index (κ3) is 5.02. The van der Waals surface area contributed by atoms with Crippen molar-refractivity contribution in [2.24, 2.45) is 0 Å². The Morgan fingerprint density at radius 1 is 0.500 bits per heavy atom. The van der Waals surface area contributed by atoms with Crippen molar-refractivity contribution in [1.82, 2.24) is 0 Å². The third-order valence-electron chi connectivity index (χ3n) is 5.15. The van der Waals surface area contributed by atoms with Gasteiger partial charge < -0.3 is 11.5 Å². The molecule has 0 aliphatic rings. The number of rotatable bonds is 6. The summed E-state index contributed by atoms with van der Waals surface area (Å²) in [5.74, 6) is -0.0766. The molecule has 0 radical (unpaired) electrons. The summed E-state index contributed by atoms with van der Waals surface area (Å²) in [5.41, 5.74) is 17.8. The Hall–Kier alpha value is -4.37. The van der Waals surface area contributed by atoms with E-state index in [-0.39, 0.29) is 5.78 Å². The summed E-state index contributed by atoms with van der Waals surface area (Å²) in [7, 11) is 0. The maximum atomic E-state index is 14.0. The molecule has 0 amide bonds. The molecule has 0 bridgehead atoms. The van der Waals surface area contributed by atoms with E-state index in [0.717, 1.165) is 22.3 Å². The van der Waals surface area contributed by atoms with E-state index >= 15 is 0 Å². The summed E-state index contributed by atoms with van der Waals surface area (Å²) in [6, 6.07) is 34.4. The lowest BCUT2D eigenvalue weighted by Gasteiger charge is -2.13. The molecule has 0 unspecified atom stereocenters. The number of Topliss-reactive ketones (excluding diaryl/α,β-unsaturated/α-hetero) is 1. The molecule has 4 N–H and O–H groups in total. The van der Waals surface area contributed by atoms with Crippen molar-refractivity contribution >= 4 is 40.5 Å². The number of nitrogen functional groups attached to an aromatic ring is 2. The molecule has 0 aromatic heterocycles. The van der Waals surface area contributed by atoms with Gasteiger partial charge in [-0.3, -0.25) is 4.79 Å². The van der Waals surface area contributed by atoms with Crippen LogP contribution in [0.25, 0.3) is 23.3 Å². The lowest BCUT2D eigenvalue weighted by Crippen LogP contribution is -2.06. The van der Waals surface area contributed by atoms with Crippen LogP contribution in [-0.2, 0) is 4.79 Å². The van der Waals surface area contributed by atoms with Crippen LogP contribution >= 0.6 is 0 Å². The summed E-state index contributed by atoms with van der Waals surface area (Å²) < 4.78 is 0. The van der Waals surface area contributed by atoms with Crippen molar-refractivity contribution in [2.45, 2.75) is 0 Å². The first kappa shape index (κ1) is 20.9. The number of anilines is 2. The lowest BCUT2D eigenvalue weighted by molar-refractivity contribution is -0.108. The predicted molar refractivity (Wildman–Crippen MR) is 135 cm³/mol. The quantitative estimate of drug-likeness (QED) is 0.223. The zero-order chi connectivity index (χ0) is 22.3. The monoisotopic (exact) mass is 416 g/mol. The molecule has 0 heterocycles. The number of allylic oxidation sites excluding steroid dienone is 2. The molecule has 0 aliphatic carbocycles. The molecule has 0 aliphatic heterocycles. The average molecular weight is 417 g/mol. The molecule has 4 aromatic carbocycles. The lowest BCUT2D eigenvalue weighted by atomic mass is 9.90.